The van der Waals surface area contributed by atoms with E-state index in [1.807, 2.05) is 44.2 Å². The zero-order valence-corrected chi connectivity index (χ0v) is 40.4. The Morgan fingerprint density at radius 3 is 2.21 bits per heavy atom. The van der Waals surface area contributed by atoms with Crippen LogP contribution in [0.5, 0.6) is 17.2 Å². The predicted molar refractivity (Wildman–Crippen MR) is 259 cm³/mol. The van der Waals surface area contributed by atoms with Gasteiger partial charge in [0, 0.05) is 91.1 Å². The van der Waals surface area contributed by atoms with E-state index in [-0.39, 0.29) is 46.8 Å². The summed E-state index contributed by atoms with van der Waals surface area (Å²) in [5, 5.41) is 18.5. The largest absolute Gasteiger partial charge is 0.490 e. The molecule has 6 aliphatic rings. The fourth-order valence-corrected chi connectivity index (χ4v) is 11.3. The molecule has 4 aliphatic heterocycles. The zero-order valence-electron chi connectivity index (χ0n) is 40.4. The minimum absolute atomic E-state index is 0.00418. The van der Waals surface area contributed by atoms with Crippen LogP contribution >= 0.6 is 0 Å². The van der Waals surface area contributed by atoms with E-state index < -0.39 is 6.04 Å². The molecule has 3 amide bonds. The number of rotatable bonds is 9. The fraction of sp³-hybridized carbons (Fsp3) is 0.556. The van der Waals surface area contributed by atoms with Crippen LogP contribution in [0.25, 0.3) is 0 Å². The van der Waals surface area contributed by atoms with Crippen molar-refractivity contribution in [2.75, 3.05) is 50.9 Å². The Labute approximate surface area is 396 Å². The Morgan fingerprint density at radius 2 is 1.52 bits per heavy atom. The van der Waals surface area contributed by atoms with Gasteiger partial charge in [-0.2, -0.15) is 5.26 Å². The monoisotopic (exact) mass is 915 g/mol. The average molecular weight is 915 g/mol. The quantitative estimate of drug-likeness (QED) is 0.192. The zero-order chi connectivity index (χ0) is 47.5. The number of aryl methyl sites for hydroxylation is 2. The maximum atomic E-state index is 13.7. The second-order valence-corrected chi connectivity index (χ2v) is 20.8. The number of hydrogen-bond donors (Lipinski definition) is 3. The molecular weight excluding hydrogens is 845 g/mol. The number of nitrogens with one attached hydrogen (secondary N) is 3. The van der Waals surface area contributed by atoms with Crippen LogP contribution in [0.1, 0.15) is 123 Å². The molecule has 4 fully saturated rings. The number of nitriles is 1. The van der Waals surface area contributed by atoms with Gasteiger partial charge >= 0.3 is 0 Å². The third kappa shape index (κ3) is 10.8. The highest BCUT2D eigenvalue weighted by Gasteiger charge is 2.64. The Kier molecular flexibility index (Phi) is 14.5. The number of piperidine rings is 2. The molecule has 1 unspecified atom stereocenters. The molecule has 9 rings (SSSR count). The van der Waals surface area contributed by atoms with E-state index in [1.54, 1.807) is 12.1 Å². The van der Waals surface area contributed by atoms with Crippen molar-refractivity contribution >= 4 is 23.4 Å². The molecule has 358 valence electrons. The summed E-state index contributed by atoms with van der Waals surface area (Å²) in [5.41, 5.74) is 4.73. The molecule has 1 atom stereocenters. The molecule has 0 radical (unpaired) electrons. The topological polar surface area (TPSA) is 154 Å². The van der Waals surface area contributed by atoms with Crippen molar-refractivity contribution in [3.63, 3.8) is 0 Å². The van der Waals surface area contributed by atoms with E-state index in [9.17, 15) is 19.6 Å². The van der Waals surface area contributed by atoms with Crippen LogP contribution in [0, 0.1) is 41.9 Å². The molecule has 3 N–H and O–H groups in total. The Morgan fingerprint density at radius 1 is 0.851 bits per heavy atom. The van der Waals surface area contributed by atoms with E-state index in [4.69, 9.17) is 18.9 Å². The minimum atomic E-state index is -0.606. The minimum Gasteiger partial charge on any atom is -0.490 e. The number of benzene rings is 3. The predicted octanol–water partition coefficient (Wildman–Crippen LogP) is 8.02. The van der Waals surface area contributed by atoms with Gasteiger partial charge in [-0.25, -0.2) is 0 Å². The number of hydrogen-bond acceptors (Lipinski definition) is 10. The lowest BCUT2D eigenvalue weighted by Gasteiger charge is -2.63. The fourth-order valence-electron chi connectivity index (χ4n) is 11.3. The van der Waals surface area contributed by atoms with Gasteiger partial charge in [0.25, 0.3) is 11.8 Å². The van der Waals surface area contributed by atoms with E-state index in [0.29, 0.717) is 71.9 Å². The highest BCUT2D eigenvalue weighted by Crippen LogP contribution is 2.55. The van der Waals surface area contributed by atoms with Gasteiger partial charge in [-0.05, 0) is 130 Å². The Balaban J connectivity index is 0.833. The lowest BCUT2D eigenvalue weighted by molar-refractivity contribution is -0.164. The van der Waals surface area contributed by atoms with E-state index in [1.165, 1.54) is 0 Å². The van der Waals surface area contributed by atoms with Crippen LogP contribution < -0.4 is 35.1 Å². The van der Waals surface area contributed by atoms with Crippen LogP contribution in [-0.4, -0.2) is 99.0 Å². The number of ether oxygens (including phenoxy) is 4. The molecule has 4 heterocycles. The summed E-state index contributed by atoms with van der Waals surface area (Å²) in [6.45, 7) is 22.1. The molecular formula is C54H70N6O7. The van der Waals surface area contributed by atoms with Gasteiger partial charge in [0.15, 0.2) is 11.5 Å². The van der Waals surface area contributed by atoms with Crippen LogP contribution in [0.4, 0.5) is 5.69 Å². The summed E-state index contributed by atoms with van der Waals surface area (Å²) in [6.07, 6.45) is 7.78. The molecule has 0 aromatic heterocycles. The number of allylic oxidation sites excluding steroid dienone is 1. The number of carbonyl (C=O) groups is 3. The molecule has 3 aromatic carbocycles. The van der Waals surface area contributed by atoms with Crippen molar-refractivity contribution in [2.45, 2.75) is 130 Å². The highest BCUT2D eigenvalue weighted by molar-refractivity contribution is 5.98. The molecule has 2 saturated carbocycles. The smallest absolute Gasteiger partial charge is 0.252 e. The van der Waals surface area contributed by atoms with Crippen molar-refractivity contribution < 1.29 is 33.3 Å². The molecule has 2 bridgehead atoms. The first-order chi connectivity index (χ1) is 32.1. The number of fused-ring (bicyclic) bond motifs is 9. The van der Waals surface area contributed by atoms with Crippen molar-refractivity contribution in [1.29, 1.82) is 5.26 Å². The molecule has 13 nitrogen and oxygen atoms in total. The second-order valence-electron chi connectivity index (χ2n) is 20.8. The SMILES string of the molecule is C=C1CCC(NC(=O)c2ccc3c(c2)OC2CC(C2)N(CC2CCN(c4ccc(C(=O)NC5C(C)(C)C(Oc6cc(C)c(C#N)c(C)c6)C5(C)C)cc4)CC2)CCOCCCCCO3)C(=O)N1. The molecule has 2 saturated heterocycles. The van der Waals surface area contributed by atoms with Crippen LogP contribution in [-0.2, 0) is 9.53 Å². The maximum absolute atomic E-state index is 13.7. The van der Waals surface area contributed by atoms with Gasteiger partial charge < -0.3 is 39.8 Å². The summed E-state index contributed by atoms with van der Waals surface area (Å²) >= 11 is 0. The maximum Gasteiger partial charge on any atom is 0.252 e. The van der Waals surface area contributed by atoms with Crippen molar-refractivity contribution in [2.24, 2.45) is 16.7 Å². The Bertz CT molecular complexity index is 2300. The molecule has 3 aromatic rings. The van der Waals surface area contributed by atoms with Crippen molar-refractivity contribution in [3.05, 3.63) is 94.7 Å². The van der Waals surface area contributed by atoms with Gasteiger partial charge in [0.05, 0.1) is 24.8 Å². The summed E-state index contributed by atoms with van der Waals surface area (Å²) < 4.78 is 25.5. The normalized spacial score (nSPS) is 25.6. The van der Waals surface area contributed by atoms with Gasteiger partial charge in [-0.15, -0.1) is 0 Å². The second kappa shape index (κ2) is 20.3. The summed E-state index contributed by atoms with van der Waals surface area (Å²) in [6, 6.07) is 19.2. The van der Waals surface area contributed by atoms with Gasteiger partial charge in [0.2, 0.25) is 5.91 Å². The molecule has 13 heteroatoms. The van der Waals surface area contributed by atoms with Crippen LogP contribution in [0.15, 0.2) is 66.9 Å². The third-order valence-electron chi connectivity index (χ3n) is 15.0. The van der Waals surface area contributed by atoms with E-state index in [0.717, 1.165) is 100 Å². The summed E-state index contributed by atoms with van der Waals surface area (Å²) in [4.78, 5) is 44.5. The van der Waals surface area contributed by atoms with Gasteiger partial charge in [-0.3, -0.25) is 19.3 Å². The summed E-state index contributed by atoms with van der Waals surface area (Å²) in [5.74, 6) is 1.86. The highest BCUT2D eigenvalue weighted by atomic mass is 16.5. The van der Waals surface area contributed by atoms with Gasteiger partial charge in [0.1, 0.15) is 24.0 Å². The van der Waals surface area contributed by atoms with Crippen LogP contribution in [0.2, 0.25) is 0 Å². The van der Waals surface area contributed by atoms with Crippen molar-refractivity contribution in [3.8, 4) is 23.3 Å². The molecule has 2 aliphatic carbocycles. The summed E-state index contributed by atoms with van der Waals surface area (Å²) in [7, 11) is 0. The van der Waals surface area contributed by atoms with E-state index >= 15 is 0 Å². The Hall–Kier alpha value is -5.58. The standard InChI is InChI=1S/C54H70N6O7/c1-34-27-42(28-35(2)44(34)32-55)67-52-53(4,5)51(54(52,6)7)58-48(61)38-12-15-40(16-13-38)59-21-19-37(20-22-59)33-60-23-26-64-24-9-8-10-25-65-46-18-14-39(29-47(46)66-43-30-41(60)31-43)49(62)57-45-17-11-36(3)56-50(45)63/h12-16,18,27-29,37,41,43,45,51-52H,3,8-11,17,19-26,30-31,33H2,1-2,4-7H3,(H,56,63)(H,57,62)(H,58,61). The first-order valence-corrected chi connectivity index (χ1v) is 24.5. The van der Waals surface area contributed by atoms with E-state index in [2.05, 4.69) is 78.2 Å². The number of carbonyl (C=O) groups excluding carboxylic acids is 3. The molecule has 0 spiro atoms. The lowest BCUT2D eigenvalue weighted by Crippen LogP contribution is -2.74. The van der Waals surface area contributed by atoms with Crippen LogP contribution in [0.3, 0.4) is 0 Å². The first-order valence-electron chi connectivity index (χ1n) is 24.5. The lowest BCUT2D eigenvalue weighted by atomic mass is 9.49. The van der Waals surface area contributed by atoms with Gasteiger partial charge in [-0.1, -0.05) is 34.3 Å². The number of amides is 3. The average Bonchev–Trinajstić information content (AvgIpc) is 3.28. The molecule has 67 heavy (non-hydrogen) atoms. The number of nitrogens with zero attached hydrogens (tertiary/aromatic N) is 3. The van der Waals surface area contributed by atoms with Crippen molar-refractivity contribution in [1.82, 2.24) is 20.9 Å². The number of anilines is 1. The first kappa shape index (κ1) is 47.9. The third-order valence-corrected chi connectivity index (χ3v) is 15.0.